The van der Waals surface area contributed by atoms with Crippen molar-refractivity contribution in [3.63, 3.8) is 0 Å². The summed E-state index contributed by atoms with van der Waals surface area (Å²) in [5.41, 5.74) is 5.94. The van der Waals surface area contributed by atoms with E-state index in [0.29, 0.717) is 12.1 Å². The van der Waals surface area contributed by atoms with Gasteiger partial charge in [0.1, 0.15) is 0 Å². The monoisotopic (exact) mass is 502 g/mol. The van der Waals surface area contributed by atoms with Crippen LogP contribution < -0.4 is 10.6 Å². The predicted molar refractivity (Wildman–Crippen MR) is 127 cm³/mol. The Balaban J connectivity index is 0.000000161. The van der Waals surface area contributed by atoms with Gasteiger partial charge in [-0.3, -0.25) is 0 Å². The number of aryl methyl sites for hydroxylation is 2. The number of hydrogen-bond acceptors (Lipinski definition) is 2. The molecule has 2 aromatic carbocycles. The smallest absolute Gasteiger partial charge is 0.0329 e. The van der Waals surface area contributed by atoms with Crippen LogP contribution in [0.15, 0.2) is 70.7 Å². The molecule has 0 aromatic heterocycles. The summed E-state index contributed by atoms with van der Waals surface area (Å²) < 4.78 is 1.02. The van der Waals surface area contributed by atoms with E-state index >= 15 is 0 Å². The van der Waals surface area contributed by atoms with E-state index in [9.17, 15) is 0 Å². The Hall–Kier alpha value is -1.20. The Morgan fingerprint density at radius 1 is 0.929 bits per heavy atom. The molecule has 2 aliphatic carbocycles. The molecule has 0 saturated heterocycles. The summed E-state index contributed by atoms with van der Waals surface area (Å²) in [6.07, 6.45) is 6.94. The van der Waals surface area contributed by atoms with Crippen LogP contribution in [0.1, 0.15) is 47.2 Å². The fraction of sp³-hybridized carbons (Fsp3) is 0.333. The van der Waals surface area contributed by atoms with E-state index < -0.39 is 0 Å². The molecule has 0 spiro atoms. The summed E-state index contributed by atoms with van der Waals surface area (Å²) in [6, 6.07) is 18.5. The number of benzene rings is 2. The predicted octanol–water partition coefficient (Wildman–Crippen LogP) is 6.34. The lowest BCUT2D eigenvalue weighted by atomic mass is 10.1. The van der Waals surface area contributed by atoms with Crippen molar-refractivity contribution in [1.82, 2.24) is 10.6 Å². The van der Waals surface area contributed by atoms with Crippen molar-refractivity contribution in [2.75, 3.05) is 13.1 Å². The molecular formula is C24H28Br2N2. The number of nitrogens with one attached hydrogen (secondary N) is 2. The first-order valence-corrected chi connectivity index (χ1v) is 11.6. The summed E-state index contributed by atoms with van der Waals surface area (Å²) in [7, 11) is 0. The van der Waals surface area contributed by atoms with Crippen LogP contribution in [-0.2, 0) is 12.8 Å². The topological polar surface area (TPSA) is 24.1 Å². The van der Waals surface area contributed by atoms with Crippen LogP contribution in [0.5, 0.6) is 0 Å². The third-order valence-electron chi connectivity index (χ3n) is 5.38. The van der Waals surface area contributed by atoms with E-state index in [1.165, 1.54) is 47.9 Å². The van der Waals surface area contributed by atoms with Gasteiger partial charge in [-0.2, -0.15) is 0 Å². The maximum atomic E-state index is 3.83. The number of fused-ring (bicyclic) bond motifs is 2. The summed E-state index contributed by atoms with van der Waals surface area (Å²) >= 11 is 6.63. The average molecular weight is 504 g/mol. The molecule has 2 N–H and O–H groups in total. The lowest BCUT2D eigenvalue weighted by Crippen LogP contribution is -2.20. The molecule has 2 aromatic rings. The van der Waals surface area contributed by atoms with Crippen LogP contribution in [0.2, 0.25) is 0 Å². The van der Waals surface area contributed by atoms with Crippen molar-refractivity contribution in [2.45, 2.75) is 37.8 Å². The fourth-order valence-corrected chi connectivity index (χ4v) is 4.38. The minimum Gasteiger partial charge on any atom is -0.306 e. The first-order valence-electron chi connectivity index (χ1n) is 9.90. The van der Waals surface area contributed by atoms with Crippen LogP contribution in [0.25, 0.3) is 0 Å². The number of rotatable bonds is 6. The van der Waals surface area contributed by atoms with E-state index in [1.54, 1.807) is 0 Å². The maximum absolute atomic E-state index is 3.83. The van der Waals surface area contributed by atoms with Gasteiger partial charge < -0.3 is 10.6 Å². The molecule has 28 heavy (non-hydrogen) atoms. The lowest BCUT2D eigenvalue weighted by Gasteiger charge is -2.13. The van der Waals surface area contributed by atoms with Gasteiger partial charge in [-0.05, 0) is 52.9 Å². The zero-order chi connectivity index (χ0) is 19.8. The van der Waals surface area contributed by atoms with Crippen molar-refractivity contribution >= 4 is 31.9 Å². The quantitative estimate of drug-likeness (QED) is 0.480. The zero-order valence-corrected chi connectivity index (χ0v) is 19.3. The number of halogens is 2. The molecule has 2 atom stereocenters. The highest BCUT2D eigenvalue weighted by molar-refractivity contribution is 9.11. The SMILES string of the molecule is Br/C=C/CN[C@@H]1CCc2ccccc21.C=C(Br)CN[C@@H]1CCc2ccccc21. The largest absolute Gasteiger partial charge is 0.306 e. The molecule has 0 fully saturated rings. The maximum Gasteiger partial charge on any atom is 0.0329 e. The molecule has 0 bridgehead atoms. The van der Waals surface area contributed by atoms with Gasteiger partial charge >= 0.3 is 0 Å². The van der Waals surface area contributed by atoms with Crippen molar-refractivity contribution in [2.24, 2.45) is 0 Å². The first kappa shape index (κ1) is 21.5. The Labute approximate surface area is 185 Å². The van der Waals surface area contributed by atoms with E-state index in [1.807, 2.05) is 4.99 Å². The molecule has 4 rings (SSSR count). The van der Waals surface area contributed by atoms with Crippen LogP contribution in [0, 0.1) is 0 Å². The van der Waals surface area contributed by atoms with Crippen molar-refractivity contribution in [3.05, 3.63) is 92.9 Å². The summed E-state index contributed by atoms with van der Waals surface area (Å²) in [5.74, 6) is 0. The van der Waals surface area contributed by atoms with E-state index in [0.717, 1.165) is 17.6 Å². The van der Waals surface area contributed by atoms with E-state index in [2.05, 4.69) is 104 Å². The number of hydrogen-bond donors (Lipinski definition) is 2. The minimum atomic E-state index is 0.514. The highest BCUT2D eigenvalue weighted by Crippen LogP contribution is 2.31. The minimum absolute atomic E-state index is 0.514. The summed E-state index contributed by atoms with van der Waals surface area (Å²) in [4.78, 5) is 1.90. The van der Waals surface area contributed by atoms with Gasteiger partial charge in [0, 0.05) is 29.7 Å². The van der Waals surface area contributed by atoms with Gasteiger partial charge in [0.05, 0.1) is 0 Å². The highest BCUT2D eigenvalue weighted by atomic mass is 79.9. The lowest BCUT2D eigenvalue weighted by molar-refractivity contribution is 0.563. The first-order chi connectivity index (χ1) is 13.7. The van der Waals surface area contributed by atoms with Crippen LogP contribution >= 0.6 is 31.9 Å². The van der Waals surface area contributed by atoms with Crippen LogP contribution in [-0.4, -0.2) is 13.1 Å². The Kier molecular flexibility index (Phi) is 8.53. The van der Waals surface area contributed by atoms with Crippen LogP contribution in [0.4, 0.5) is 0 Å². The van der Waals surface area contributed by atoms with Gasteiger partial charge in [0.15, 0.2) is 0 Å². The van der Waals surface area contributed by atoms with Gasteiger partial charge in [-0.1, -0.05) is 93.0 Å². The molecule has 0 saturated carbocycles. The average Bonchev–Trinajstić information content (AvgIpc) is 3.31. The second kappa shape index (κ2) is 11.1. The Morgan fingerprint density at radius 3 is 2.00 bits per heavy atom. The standard InChI is InChI=1S/2C12H14BrN/c1-9(13)8-14-12-7-6-10-4-2-3-5-11(10)12;13-8-3-9-14-12-7-6-10-4-1-2-5-11(10)12/h2-5,12,14H,1,6-8H2;1-5,8,12,14H,6-7,9H2/b;8-3+/t2*12-/m11/s1. The molecule has 2 nitrogen and oxygen atoms in total. The normalized spacial score (nSPS) is 19.8. The molecule has 4 heteroatoms. The van der Waals surface area contributed by atoms with Crippen molar-refractivity contribution in [3.8, 4) is 0 Å². The van der Waals surface area contributed by atoms with Crippen molar-refractivity contribution in [1.29, 1.82) is 0 Å². The van der Waals surface area contributed by atoms with Gasteiger partial charge in [0.25, 0.3) is 0 Å². The van der Waals surface area contributed by atoms with Gasteiger partial charge in [-0.25, -0.2) is 0 Å². The molecule has 0 unspecified atom stereocenters. The fourth-order valence-electron chi connectivity index (χ4n) is 4.03. The third kappa shape index (κ3) is 5.90. The molecule has 0 amide bonds. The molecule has 0 aliphatic heterocycles. The van der Waals surface area contributed by atoms with E-state index in [-0.39, 0.29) is 0 Å². The van der Waals surface area contributed by atoms with Gasteiger partial charge in [0.2, 0.25) is 0 Å². The van der Waals surface area contributed by atoms with E-state index in [4.69, 9.17) is 0 Å². The van der Waals surface area contributed by atoms with Crippen molar-refractivity contribution < 1.29 is 0 Å². The second-order valence-corrected chi connectivity index (χ2v) is 8.90. The molecule has 0 radical (unpaired) electrons. The molecular weight excluding hydrogens is 476 g/mol. The van der Waals surface area contributed by atoms with Gasteiger partial charge in [-0.15, -0.1) is 0 Å². The molecule has 2 aliphatic rings. The zero-order valence-electron chi connectivity index (χ0n) is 16.1. The molecule has 0 heterocycles. The molecule has 148 valence electrons. The Bertz CT molecular complexity index is 816. The second-order valence-electron chi connectivity index (χ2n) is 7.25. The summed E-state index contributed by atoms with van der Waals surface area (Å²) in [6.45, 7) is 5.61. The third-order valence-corrected chi connectivity index (χ3v) is 6.03. The van der Waals surface area contributed by atoms with Crippen LogP contribution in [0.3, 0.4) is 0 Å². The Morgan fingerprint density at radius 2 is 1.46 bits per heavy atom. The highest BCUT2D eigenvalue weighted by Gasteiger charge is 2.21. The summed E-state index contributed by atoms with van der Waals surface area (Å²) in [5, 5.41) is 7.01.